The maximum absolute atomic E-state index is 12.2. The van der Waals surface area contributed by atoms with Crippen molar-refractivity contribution in [3.05, 3.63) is 40.1 Å². The van der Waals surface area contributed by atoms with E-state index in [1.807, 2.05) is 6.92 Å². The molecule has 1 aromatic carbocycles. The van der Waals surface area contributed by atoms with Gasteiger partial charge in [-0.05, 0) is 53.4 Å². The van der Waals surface area contributed by atoms with Crippen molar-refractivity contribution < 1.29 is 14.4 Å². The maximum Gasteiger partial charge on any atom is 0.259 e. The fourth-order valence-electron chi connectivity index (χ4n) is 4.46. The van der Waals surface area contributed by atoms with Crippen molar-refractivity contribution in [1.82, 2.24) is 30.4 Å². The molecule has 0 saturated heterocycles. The summed E-state index contributed by atoms with van der Waals surface area (Å²) in [5.41, 5.74) is 1.38. The summed E-state index contributed by atoms with van der Waals surface area (Å²) in [5, 5.41) is 13.6. The first-order valence-corrected chi connectivity index (χ1v) is 11.0. The number of rotatable bonds is 4. The highest BCUT2D eigenvalue weighted by atomic mass is 79.9. The fraction of sp³-hybridized carbons (Fsp3) is 0.333. The smallest absolute Gasteiger partial charge is 0.259 e. The molecule has 0 unspecified atom stereocenters. The van der Waals surface area contributed by atoms with E-state index < -0.39 is 17.2 Å². The molecule has 3 heterocycles. The van der Waals surface area contributed by atoms with Gasteiger partial charge in [0.1, 0.15) is 4.60 Å². The minimum Gasteiger partial charge on any atom is -0.359 e. The van der Waals surface area contributed by atoms with Gasteiger partial charge in [0.05, 0.1) is 22.2 Å². The number of amides is 3. The van der Waals surface area contributed by atoms with E-state index in [0.717, 1.165) is 12.8 Å². The van der Waals surface area contributed by atoms with E-state index in [2.05, 4.69) is 46.9 Å². The van der Waals surface area contributed by atoms with E-state index in [0.29, 0.717) is 44.8 Å². The summed E-state index contributed by atoms with van der Waals surface area (Å²) in [7, 11) is 1.66. The number of nitrogens with one attached hydrogen (secondary N) is 3. The van der Waals surface area contributed by atoms with Crippen LogP contribution in [0.3, 0.4) is 0 Å². The third-order valence-electron chi connectivity index (χ3n) is 6.19. The lowest BCUT2D eigenvalue weighted by molar-refractivity contribution is -0.129. The van der Waals surface area contributed by atoms with E-state index in [1.54, 1.807) is 36.1 Å². The van der Waals surface area contributed by atoms with Crippen molar-refractivity contribution in [3.8, 4) is 5.69 Å². The molecule has 0 spiro atoms. The van der Waals surface area contributed by atoms with E-state index in [9.17, 15) is 14.4 Å². The van der Waals surface area contributed by atoms with Gasteiger partial charge in [0.25, 0.3) is 11.8 Å². The van der Waals surface area contributed by atoms with E-state index in [-0.39, 0.29) is 11.9 Å². The van der Waals surface area contributed by atoms with Gasteiger partial charge < -0.3 is 10.6 Å². The first-order valence-electron chi connectivity index (χ1n) is 10.2. The molecule has 2 aromatic heterocycles. The molecule has 1 aliphatic carbocycles. The summed E-state index contributed by atoms with van der Waals surface area (Å²) in [5.74, 6) is -0.359. The van der Waals surface area contributed by atoms with Gasteiger partial charge >= 0.3 is 0 Å². The van der Waals surface area contributed by atoms with Gasteiger partial charge in [-0.25, -0.2) is 9.67 Å². The Hall–Kier alpha value is -3.34. The summed E-state index contributed by atoms with van der Waals surface area (Å²) in [6.07, 6.45) is 3.98. The number of carbonyl (C=O) groups is 3. The van der Waals surface area contributed by atoms with Crippen LogP contribution in [0.2, 0.25) is 0 Å². The Kier molecular flexibility index (Phi) is 4.73. The Morgan fingerprint density at radius 1 is 1.28 bits per heavy atom. The Morgan fingerprint density at radius 2 is 2.06 bits per heavy atom. The number of carbonyl (C=O) groups excluding carboxylic acids is 3. The average molecular weight is 498 g/mol. The minimum atomic E-state index is -0.431. The number of anilines is 1. The standard InChI is InChI=1S/C21H20BrN7O3/c1-21(19(32)23-2)6-5-10(8-21)25-20-24-9-14-15(22)28-29(16(14)26-20)11-3-4-12-13(7-11)18(31)27-17(12)30/h3-4,7,9-10H,5-6,8H2,1-2H3,(H,23,32)(H,24,25,26)(H,27,30,31)/t10-,21-/m1/s1. The van der Waals surface area contributed by atoms with Gasteiger partial charge in [-0.1, -0.05) is 6.92 Å². The van der Waals surface area contributed by atoms with Crippen LogP contribution in [0, 0.1) is 5.41 Å². The van der Waals surface area contributed by atoms with Crippen molar-refractivity contribution in [3.63, 3.8) is 0 Å². The molecular formula is C21H20BrN7O3. The fourth-order valence-corrected chi connectivity index (χ4v) is 4.90. The monoisotopic (exact) mass is 497 g/mol. The lowest BCUT2D eigenvalue weighted by atomic mass is 9.87. The van der Waals surface area contributed by atoms with E-state index >= 15 is 0 Å². The van der Waals surface area contributed by atoms with Crippen LogP contribution in [0.4, 0.5) is 5.95 Å². The second kappa shape index (κ2) is 7.37. The molecule has 0 bridgehead atoms. The van der Waals surface area contributed by atoms with Crippen LogP contribution >= 0.6 is 15.9 Å². The molecule has 3 amide bonds. The summed E-state index contributed by atoms with van der Waals surface area (Å²) >= 11 is 3.44. The van der Waals surface area contributed by atoms with Crippen molar-refractivity contribution in [1.29, 1.82) is 0 Å². The lowest BCUT2D eigenvalue weighted by Crippen LogP contribution is -2.35. The maximum atomic E-state index is 12.2. The van der Waals surface area contributed by atoms with Gasteiger partial charge in [-0.3, -0.25) is 19.7 Å². The first kappa shape index (κ1) is 20.6. The van der Waals surface area contributed by atoms with E-state index in [1.165, 1.54) is 0 Å². The van der Waals surface area contributed by atoms with Gasteiger partial charge in [0.15, 0.2) is 5.65 Å². The van der Waals surface area contributed by atoms with E-state index in [4.69, 9.17) is 0 Å². The highest BCUT2D eigenvalue weighted by Crippen LogP contribution is 2.39. The number of hydrogen-bond acceptors (Lipinski definition) is 7. The highest BCUT2D eigenvalue weighted by Gasteiger charge is 2.41. The van der Waals surface area contributed by atoms with Crippen LogP contribution in [0.1, 0.15) is 46.9 Å². The summed E-state index contributed by atoms with van der Waals surface area (Å²) in [6, 6.07) is 5.01. The number of fused-ring (bicyclic) bond motifs is 2. The second-order valence-corrected chi connectivity index (χ2v) is 9.12. The van der Waals surface area contributed by atoms with Crippen molar-refractivity contribution in [2.45, 2.75) is 32.2 Å². The SMILES string of the molecule is CNC(=O)[C@]1(C)CC[C@@H](Nc2ncc3c(Br)nn(-c4ccc5c(c4)C(=O)NC5=O)c3n2)C1. The minimum absolute atomic E-state index is 0.0410. The van der Waals surface area contributed by atoms with Crippen LogP contribution in [-0.2, 0) is 4.79 Å². The van der Waals surface area contributed by atoms with Gasteiger partial charge in [-0.2, -0.15) is 10.1 Å². The summed E-state index contributed by atoms with van der Waals surface area (Å²) in [6.45, 7) is 1.97. The average Bonchev–Trinajstić information content (AvgIpc) is 3.41. The van der Waals surface area contributed by atoms with Crippen molar-refractivity contribution in [2.24, 2.45) is 5.41 Å². The molecule has 5 rings (SSSR count). The predicted molar refractivity (Wildman–Crippen MR) is 120 cm³/mol. The zero-order chi connectivity index (χ0) is 22.6. The second-order valence-electron chi connectivity index (χ2n) is 8.37. The number of hydrogen-bond donors (Lipinski definition) is 3. The summed E-state index contributed by atoms with van der Waals surface area (Å²) < 4.78 is 2.17. The summed E-state index contributed by atoms with van der Waals surface area (Å²) in [4.78, 5) is 45.2. The third-order valence-corrected chi connectivity index (χ3v) is 6.78. The molecule has 32 heavy (non-hydrogen) atoms. The molecule has 2 atom stereocenters. The lowest BCUT2D eigenvalue weighted by Gasteiger charge is -2.22. The topological polar surface area (TPSA) is 131 Å². The number of benzene rings is 1. The molecule has 3 aromatic rings. The zero-order valence-corrected chi connectivity index (χ0v) is 19.0. The Bertz CT molecular complexity index is 1300. The molecule has 2 aliphatic rings. The van der Waals surface area contributed by atoms with Gasteiger partial charge in [0.2, 0.25) is 11.9 Å². The van der Waals surface area contributed by atoms with Crippen molar-refractivity contribution in [2.75, 3.05) is 12.4 Å². The van der Waals surface area contributed by atoms with Crippen LogP contribution in [0.15, 0.2) is 29.0 Å². The normalized spacial score (nSPS) is 22.2. The molecule has 10 nitrogen and oxygen atoms in total. The van der Waals surface area contributed by atoms with Gasteiger partial charge in [0, 0.05) is 24.7 Å². The largest absolute Gasteiger partial charge is 0.359 e. The van der Waals surface area contributed by atoms with Crippen molar-refractivity contribution >= 4 is 50.6 Å². The quantitative estimate of drug-likeness (QED) is 0.470. The molecule has 3 N–H and O–H groups in total. The molecule has 11 heteroatoms. The molecular weight excluding hydrogens is 478 g/mol. The number of aromatic nitrogens is 4. The van der Waals surface area contributed by atoms with Crippen LogP contribution in [0.25, 0.3) is 16.7 Å². The number of imide groups is 1. The predicted octanol–water partition coefficient (Wildman–Crippen LogP) is 2.18. The highest BCUT2D eigenvalue weighted by molar-refractivity contribution is 9.10. The number of halogens is 1. The molecule has 164 valence electrons. The first-order chi connectivity index (χ1) is 15.3. The Morgan fingerprint density at radius 3 is 2.84 bits per heavy atom. The van der Waals surface area contributed by atoms with Gasteiger partial charge in [-0.15, -0.1) is 0 Å². The molecule has 1 fully saturated rings. The third kappa shape index (κ3) is 3.24. The molecule has 1 aliphatic heterocycles. The Balaban J connectivity index is 1.47. The Labute approximate surface area is 191 Å². The van der Waals surface area contributed by atoms with Crippen LogP contribution in [0.5, 0.6) is 0 Å². The van der Waals surface area contributed by atoms with Crippen LogP contribution < -0.4 is 16.0 Å². The zero-order valence-electron chi connectivity index (χ0n) is 17.4. The molecule has 1 saturated carbocycles. The molecule has 0 radical (unpaired) electrons. The number of nitrogens with zero attached hydrogens (tertiary/aromatic N) is 4. The van der Waals surface area contributed by atoms with Crippen LogP contribution in [-0.4, -0.2) is 50.6 Å².